The zero-order valence-corrected chi connectivity index (χ0v) is 7.18. The average molecular weight is 148 g/mol. The first-order chi connectivity index (χ1) is 3.65. The molecule has 0 aromatic heterocycles. The molecule has 0 radical (unpaired) electrons. The molecule has 8 heavy (non-hydrogen) atoms. The molecule has 0 saturated heterocycles. The molecule has 2 heteroatoms. The van der Waals surface area contributed by atoms with Crippen LogP contribution >= 0.6 is 19.9 Å². The van der Waals surface area contributed by atoms with Gasteiger partial charge in [-0.25, -0.2) is 0 Å². The van der Waals surface area contributed by atoms with Gasteiger partial charge in [-0.05, 0) is 22.3 Å². The summed E-state index contributed by atoms with van der Waals surface area (Å²) in [6.07, 6.45) is 2.36. The number of rotatable bonds is 1. The van der Waals surface area contributed by atoms with Crippen LogP contribution in [0.2, 0.25) is 0 Å². The van der Waals surface area contributed by atoms with Crippen LogP contribution < -0.4 is 0 Å². The predicted octanol–water partition coefficient (Wildman–Crippen LogP) is 2.96. The van der Waals surface area contributed by atoms with Gasteiger partial charge in [-0.3, -0.25) is 0 Å². The molecular weight excluding hydrogens is 136 g/mol. The highest BCUT2D eigenvalue weighted by atomic mass is 33.2. The average Bonchev–Trinajstić information content (AvgIpc) is 1.60. The molecule has 0 fully saturated rings. The summed E-state index contributed by atoms with van der Waals surface area (Å²) in [5.41, 5.74) is 0. The monoisotopic (exact) mass is 148 g/mol. The fraction of sp³-hybridized carbons (Fsp3) is 0.667. The second kappa shape index (κ2) is 1.99. The Morgan fingerprint density at radius 2 is 2.00 bits per heavy atom. The van der Waals surface area contributed by atoms with Crippen LogP contribution in [-0.2, 0) is 0 Å². The van der Waals surface area contributed by atoms with Gasteiger partial charge in [0.25, 0.3) is 0 Å². The molecule has 0 spiro atoms. The summed E-state index contributed by atoms with van der Waals surface area (Å²) in [4.78, 5) is 0. The summed E-state index contributed by atoms with van der Waals surface area (Å²) in [5, 5.41) is 5.43. The first-order valence-corrected chi connectivity index (χ1v) is 6.33. The van der Waals surface area contributed by atoms with E-state index in [2.05, 4.69) is 30.9 Å². The SMILES string of the molecule is CC(C)S1(C)C=CS1. The molecule has 0 aromatic carbocycles. The molecule has 0 bridgehead atoms. The van der Waals surface area contributed by atoms with Crippen molar-refractivity contribution in [1.29, 1.82) is 0 Å². The quantitative estimate of drug-likeness (QED) is 0.515. The molecule has 1 heterocycles. The van der Waals surface area contributed by atoms with Gasteiger partial charge in [0.2, 0.25) is 0 Å². The maximum absolute atomic E-state index is 2.36. The highest BCUT2D eigenvalue weighted by molar-refractivity contribution is 8.98. The van der Waals surface area contributed by atoms with E-state index in [1.54, 1.807) is 0 Å². The lowest BCUT2D eigenvalue weighted by atomic mass is 10.6. The van der Waals surface area contributed by atoms with E-state index in [9.17, 15) is 0 Å². The summed E-state index contributed by atoms with van der Waals surface area (Å²) in [5.74, 6) is 0. The topological polar surface area (TPSA) is 0 Å². The predicted molar refractivity (Wildman–Crippen MR) is 45.4 cm³/mol. The third-order valence-corrected chi connectivity index (χ3v) is 7.97. The van der Waals surface area contributed by atoms with E-state index >= 15 is 0 Å². The van der Waals surface area contributed by atoms with E-state index < -0.39 is 0 Å². The van der Waals surface area contributed by atoms with Gasteiger partial charge in [-0.15, -0.1) is 0 Å². The molecular formula is C6H12S2. The summed E-state index contributed by atoms with van der Waals surface area (Å²) >= 11 is 0. The highest BCUT2D eigenvalue weighted by Gasteiger charge is 2.24. The number of hydrogen-bond donors (Lipinski definition) is 0. The summed E-state index contributed by atoms with van der Waals surface area (Å²) in [6.45, 7) is 4.59. The Morgan fingerprint density at radius 1 is 1.50 bits per heavy atom. The fourth-order valence-corrected chi connectivity index (χ4v) is 3.55. The van der Waals surface area contributed by atoms with Crippen LogP contribution in [0.4, 0.5) is 0 Å². The Kier molecular flexibility index (Phi) is 1.63. The molecule has 1 aliphatic rings. The van der Waals surface area contributed by atoms with Gasteiger partial charge in [0.1, 0.15) is 0 Å². The van der Waals surface area contributed by atoms with Gasteiger partial charge >= 0.3 is 0 Å². The minimum absolute atomic E-state index is 0.319. The molecule has 1 rings (SSSR count). The van der Waals surface area contributed by atoms with E-state index in [1.807, 2.05) is 10.8 Å². The second-order valence-electron chi connectivity index (χ2n) is 2.38. The van der Waals surface area contributed by atoms with Gasteiger partial charge < -0.3 is 0 Å². The van der Waals surface area contributed by atoms with Crippen molar-refractivity contribution in [3.05, 3.63) is 10.8 Å². The Balaban J connectivity index is 2.56. The second-order valence-corrected chi connectivity index (χ2v) is 8.73. The van der Waals surface area contributed by atoms with Gasteiger partial charge in [0, 0.05) is 0 Å². The first-order valence-electron chi connectivity index (χ1n) is 2.77. The smallest absolute Gasteiger partial charge is 0.00478 e. The van der Waals surface area contributed by atoms with Crippen molar-refractivity contribution >= 4 is 19.9 Å². The Morgan fingerprint density at radius 3 is 2.00 bits per heavy atom. The van der Waals surface area contributed by atoms with Crippen LogP contribution in [0.15, 0.2) is 10.8 Å². The van der Waals surface area contributed by atoms with Crippen molar-refractivity contribution in [2.45, 2.75) is 19.1 Å². The molecule has 0 N–H and O–H groups in total. The summed E-state index contributed by atoms with van der Waals surface area (Å²) < 4.78 is 0. The molecule has 0 amide bonds. The van der Waals surface area contributed by atoms with E-state index in [4.69, 9.17) is 0 Å². The van der Waals surface area contributed by atoms with E-state index in [-0.39, 0.29) is 9.06 Å². The Bertz CT molecular complexity index is 118. The minimum Gasteiger partial charge on any atom is -0.168 e. The lowest BCUT2D eigenvalue weighted by Crippen LogP contribution is -2.06. The standard InChI is InChI=1S/C6H12S2/c1-6(2)8(3)5-4-7-8/h4-6H,1-3H3. The summed E-state index contributed by atoms with van der Waals surface area (Å²) in [6, 6.07) is 0. The third kappa shape index (κ3) is 0.914. The van der Waals surface area contributed by atoms with E-state index in [1.165, 1.54) is 0 Å². The normalized spacial score (nSPS) is 43.5. The summed E-state index contributed by atoms with van der Waals surface area (Å²) in [7, 11) is 1.70. The van der Waals surface area contributed by atoms with Gasteiger partial charge in [-0.1, -0.05) is 24.6 Å². The van der Waals surface area contributed by atoms with Crippen LogP contribution in [0.3, 0.4) is 0 Å². The van der Waals surface area contributed by atoms with Gasteiger partial charge in [0.05, 0.1) is 0 Å². The lowest BCUT2D eigenvalue weighted by Gasteiger charge is -2.40. The minimum atomic E-state index is -0.319. The fourth-order valence-electron chi connectivity index (χ4n) is 0.499. The first kappa shape index (κ1) is 6.56. The molecule has 0 aliphatic carbocycles. The van der Waals surface area contributed by atoms with Crippen molar-refractivity contribution in [2.75, 3.05) is 6.26 Å². The van der Waals surface area contributed by atoms with Gasteiger partial charge in [0.15, 0.2) is 0 Å². The van der Waals surface area contributed by atoms with Crippen molar-refractivity contribution < 1.29 is 0 Å². The molecule has 1 aliphatic heterocycles. The van der Waals surface area contributed by atoms with Crippen molar-refractivity contribution in [3.8, 4) is 0 Å². The highest BCUT2D eigenvalue weighted by Crippen LogP contribution is 2.69. The third-order valence-electron chi connectivity index (χ3n) is 1.52. The zero-order valence-electron chi connectivity index (χ0n) is 5.55. The molecule has 0 aromatic rings. The van der Waals surface area contributed by atoms with Crippen LogP contribution in [-0.4, -0.2) is 11.5 Å². The van der Waals surface area contributed by atoms with Crippen LogP contribution in [0.25, 0.3) is 0 Å². The van der Waals surface area contributed by atoms with Crippen LogP contribution in [0.1, 0.15) is 13.8 Å². The maximum atomic E-state index is 2.36. The van der Waals surface area contributed by atoms with E-state index in [0.29, 0.717) is 0 Å². The van der Waals surface area contributed by atoms with Crippen LogP contribution in [0, 0.1) is 0 Å². The Labute approximate surface area is 56.5 Å². The molecule has 1 unspecified atom stereocenters. The van der Waals surface area contributed by atoms with Crippen LogP contribution in [0.5, 0.6) is 0 Å². The maximum Gasteiger partial charge on any atom is -0.00478 e. The van der Waals surface area contributed by atoms with Crippen molar-refractivity contribution in [3.63, 3.8) is 0 Å². The van der Waals surface area contributed by atoms with Gasteiger partial charge in [-0.2, -0.15) is 9.06 Å². The van der Waals surface area contributed by atoms with E-state index in [0.717, 1.165) is 5.25 Å². The molecule has 0 saturated carbocycles. The molecule has 0 nitrogen and oxygen atoms in total. The van der Waals surface area contributed by atoms with Crippen molar-refractivity contribution in [2.24, 2.45) is 0 Å². The zero-order chi connectivity index (χ0) is 6.20. The van der Waals surface area contributed by atoms with Crippen molar-refractivity contribution in [1.82, 2.24) is 0 Å². The Hall–Kier alpha value is 0.440. The molecule has 1 atom stereocenters. The molecule has 48 valence electrons. The largest absolute Gasteiger partial charge is 0.168 e. The lowest BCUT2D eigenvalue weighted by molar-refractivity contribution is 1.11. The number of hydrogen-bond acceptors (Lipinski definition) is 1.